The van der Waals surface area contributed by atoms with E-state index in [2.05, 4.69) is 57.8 Å². The number of hydrogen-bond acceptors (Lipinski definition) is 1. The number of hydrogen-bond donors (Lipinski definition) is 0. The van der Waals surface area contributed by atoms with Crippen LogP contribution in [0.5, 0.6) is 0 Å². The summed E-state index contributed by atoms with van der Waals surface area (Å²) in [6.07, 6.45) is 9.77. The van der Waals surface area contributed by atoms with E-state index in [0.29, 0.717) is 10.8 Å². The summed E-state index contributed by atoms with van der Waals surface area (Å²) in [4.78, 5) is 2.52. The Balaban J connectivity index is 1.87. The number of likely N-dealkylation sites (tertiary alicyclic amines) is 1. The zero-order chi connectivity index (χ0) is 17.4. The molecule has 1 aromatic carbocycles. The van der Waals surface area contributed by atoms with E-state index in [1.54, 1.807) is 5.56 Å². The Bertz CT molecular complexity index is 567. The first-order valence-corrected chi connectivity index (χ1v) is 10.2. The molecule has 0 amide bonds. The molecule has 1 heterocycles. The molecule has 0 bridgehead atoms. The van der Waals surface area contributed by atoms with Crippen molar-refractivity contribution in [3.63, 3.8) is 0 Å². The summed E-state index contributed by atoms with van der Waals surface area (Å²) in [6, 6.07) is 7.31. The van der Waals surface area contributed by atoms with Gasteiger partial charge in [0, 0.05) is 0 Å². The van der Waals surface area contributed by atoms with Crippen LogP contribution >= 0.6 is 0 Å². The fourth-order valence-corrected chi connectivity index (χ4v) is 5.67. The maximum atomic E-state index is 2.56. The maximum Gasteiger partial charge on any atom is -0.00165 e. The first kappa shape index (κ1) is 18.0. The second kappa shape index (κ2) is 6.83. The van der Waals surface area contributed by atoms with Gasteiger partial charge in [0.25, 0.3) is 0 Å². The molecule has 2 fully saturated rings. The highest BCUT2D eigenvalue weighted by molar-refractivity contribution is 5.36. The lowest BCUT2D eigenvalue weighted by molar-refractivity contribution is 0.0148. The lowest BCUT2D eigenvalue weighted by Gasteiger charge is -2.53. The number of aryl methyl sites for hydroxylation is 2. The minimum absolute atomic E-state index is 0.418. The minimum atomic E-state index is 0.418. The molecule has 3 rings (SSSR count). The summed E-state index contributed by atoms with van der Waals surface area (Å²) in [5.74, 6) is 0.803. The van der Waals surface area contributed by atoms with E-state index in [4.69, 9.17) is 0 Å². The van der Waals surface area contributed by atoms with Gasteiger partial charge in [0.2, 0.25) is 0 Å². The molecule has 2 atom stereocenters. The van der Waals surface area contributed by atoms with Crippen molar-refractivity contribution in [2.24, 2.45) is 11.3 Å². The van der Waals surface area contributed by atoms with Crippen LogP contribution in [0.25, 0.3) is 0 Å². The topological polar surface area (TPSA) is 3.24 Å². The van der Waals surface area contributed by atoms with E-state index >= 15 is 0 Å². The van der Waals surface area contributed by atoms with E-state index in [9.17, 15) is 0 Å². The molecule has 2 unspecified atom stereocenters. The highest BCUT2D eigenvalue weighted by Gasteiger charge is 2.48. The van der Waals surface area contributed by atoms with Crippen LogP contribution in [0, 0.1) is 25.2 Å². The van der Waals surface area contributed by atoms with Crippen LogP contribution < -0.4 is 0 Å². The summed E-state index contributed by atoms with van der Waals surface area (Å²) in [6.45, 7) is 12.1. The molecule has 0 N–H and O–H groups in total. The fourth-order valence-electron chi connectivity index (χ4n) is 5.67. The Morgan fingerprint density at radius 3 is 2.33 bits per heavy atom. The van der Waals surface area contributed by atoms with Gasteiger partial charge >= 0.3 is 0 Å². The summed E-state index contributed by atoms with van der Waals surface area (Å²) >= 11 is 0. The molecular formula is C23H37N. The van der Waals surface area contributed by atoms with Gasteiger partial charge in [-0.15, -0.1) is 0 Å². The van der Waals surface area contributed by atoms with E-state index in [-0.39, 0.29) is 0 Å². The fraction of sp³-hybridized carbons (Fsp3) is 0.739. The monoisotopic (exact) mass is 327 g/mol. The van der Waals surface area contributed by atoms with Crippen LogP contribution in [-0.2, 0) is 5.41 Å². The summed E-state index contributed by atoms with van der Waals surface area (Å²) in [7, 11) is 2.29. The number of nitrogens with zero attached hydrogens (tertiary/aromatic N) is 1. The van der Waals surface area contributed by atoms with Crippen molar-refractivity contribution in [1.29, 1.82) is 0 Å². The van der Waals surface area contributed by atoms with Crippen LogP contribution in [0.2, 0.25) is 0 Å². The molecule has 0 radical (unpaired) electrons. The zero-order valence-corrected chi connectivity index (χ0v) is 16.6. The van der Waals surface area contributed by atoms with Crippen molar-refractivity contribution < 1.29 is 0 Å². The van der Waals surface area contributed by atoms with Crippen LogP contribution in [0.1, 0.15) is 75.5 Å². The van der Waals surface area contributed by atoms with Gasteiger partial charge in [-0.2, -0.15) is 0 Å². The van der Waals surface area contributed by atoms with E-state index in [1.165, 1.54) is 69.2 Å². The molecule has 1 spiro atoms. The third kappa shape index (κ3) is 3.17. The van der Waals surface area contributed by atoms with Crippen molar-refractivity contribution in [1.82, 2.24) is 4.90 Å². The predicted molar refractivity (Wildman–Crippen MR) is 105 cm³/mol. The third-order valence-corrected chi connectivity index (χ3v) is 7.61. The summed E-state index contributed by atoms with van der Waals surface area (Å²) in [5, 5.41) is 0. The SMILES string of the molecule is CCCC1(c2ccc(C)c(C)c2)CCC2(CCN(C)CC2)CC1C. The van der Waals surface area contributed by atoms with E-state index in [0.717, 1.165) is 5.92 Å². The maximum absolute atomic E-state index is 2.56. The lowest BCUT2D eigenvalue weighted by Crippen LogP contribution is -2.47. The summed E-state index contributed by atoms with van der Waals surface area (Å²) < 4.78 is 0. The molecule has 1 aliphatic heterocycles. The lowest BCUT2D eigenvalue weighted by atomic mass is 9.53. The molecular weight excluding hydrogens is 290 g/mol. The molecule has 1 saturated heterocycles. The van der Waals surface area contributed by atoms with Crippen LogP contribution in [0.15, 0.2) is 18.2 Å². The quantitative estimate of drug-likeness (QED) is 0.670. The van der Waals surface area contributed by atoms with Gasteiger partial charge in [-0.25, -0.2) is 0 Å². The van der Waals surface area contributed by atoms with Gasteiger partial charge < -0.3 is 4.90 Å². The average Bonchev–Trinajstić information content (AvgIpc) is 2.56. The Kier molecular flexibility index (Phi) is 5.12. The Morgan fingerprint density at radius 1 is 1.04 bits per heavy atom. The van der Waals surface area contributed by atoms with Crippen molar-refractivity contribution in [2.45, 2.75) is 78.1 Å². The normalized spacial score (nSPS) is 30.6. The standard InChI is InChI=1S/C23H37N/c1-6-9-23(21-8-7-18(2)19(3)16-21)11-10-22(17-20(23)4)12-14-24(5)15-13-22/h7-8,16,20H,6,9-15,17H2,1-5H3. The van der Waals surface area contributed by atoms with Crippen LogP contribution in [0.4, 0.5) is 0 Å². The van der Waals surface area contributed by atoms with Crippen LogP contribution in [0.3, 0.4) is 0 Å². The Morgan fingerprint density at radius 2 is 1.75 bits per heavy atom. The van der Waals surface area contributed by atoms with Gasteiger partial charge in [-0.05, 0) is 106 Å². The van der Waals surface area contributed by atoms with Crippen molar-refractivity contribution in [2.75, 3.05) is 20.1 Å². The Labute approximate surface area is 149 Å². The van der Waals surface area contributed by atoms with E-state index < -0.39 is 0 Å². The van der Waals surface area contributed by atoms with Gasteiger partial charge in [-0.3, -0.25) is 0 Å². The van der Waals surface area contributed by atoms with E-state index in [1.807, 2.05) is 0 Å². The average molecular weight is 328 g/mol. The first-order chi connectivity index (χ1) is 11.4. The molecule has 24 heavy (non-hydrogen) atoms. The second-order valence-corrected chi connectivity index (χ2v) is 9.11. The molecule has 1 saturated carbocycles. The highest BCUT2D eigenvalue weighted by atomic mass is 15.1. The number of benzene rings is 1. The molecule has 1 heteroatoms. The molecule has 0 aromatic heterocycles. The molecule has 2 aliphatic rings. The number of rotatable bonds is 3. The largest absolute Gasteiger partial charge is 0.306 e. The number of piperidine rings is 1. The first-order valence-electron chi connectivity index (χ1n) is 10.2. The second-order valence-electron chi connectivity index (χ2n) is 9.11. The van der Waals surface area contributed by atoms with Crippen molar-refractivity contribution in [3.8, 4) is 0 Å². The van der Waals surface area contributed by atoms with Gasteiger partial charge in [-0.1, -0.05) is 38.5 Å². The van der Waals surface area contributed by atoms with Gasteiger partial charge in [0.15, 0.2) is 0 Å². The Hall–Kier alpha value is -0.820. The highest BCUT2D eigenvalue weighted by Crippen LogP contribution is 2.56. The predicted octanol–water partition coefficient (Wildman–Crippen LogP) is 5.87. The molecule has 134 valence electrons. The van der Waals surface area contributed by atoms with Gasteiger partial charge in [0.05, 0.1) is 0 Å². The van der Waals surface area contributed by atoms with Crippen LogP contribution in [-0.4, -0.2) is 25.0 Å². The minimum Gasteiger partial charge on any atom is -0.306 e. The molecule has 1 aromatic rings. The third-order valence-electron chi connectivity index (χ3n) is 7.61. The van der Waals surface area contributed by atoms with Crippen molar-refractivity contribution >= 4 is 0 Å². The molecule has 1 aliphatic carbocycles. The summed E-state index contributed by atoms with van der Waals surface area (Å²) in [5.41, 5.74) is 5.59. The van der Waals surface area contributed by atoms with Crippen molar-refractivity contribution in [3.05, 3.63) is 34.9 Å². The van der Waals surface area contributed by atoms with Gasteiger partial charge in [0.1, 0.15) is 0 Å². The zero-order valence-electron chi connectivity index (χ0n) is 16.6. The molecule has 1 nitrogen and oxygen atoms in total. The smallest absolute Gasteiger partial charge is 0.00165 e.